The summed E-state index contributed by atoms with van der Waals surface area (Å²) in [6.45, 7) is 6.40. The smallest absolute Gasteiger partial charge is 0.331 e. The molecule has 0 bridgehead atoms. The number of carboxylic acid groups (broad SMARTS) is 1. The molecule has 1 fully saturated rings. The van der Waals surface area contributed by atoms with Crippen LogP contribution in [-0.2, 0) is 9.59 Å². The number of likely N-dealkylation sites (N-methyl/N-ethyl adjacent to an activating group) is 1. The SMILES string of the molecule is CCN(CC1CCC1)C(=O)C(C)=C(C)C(=O)O. The van der Waals surface area contributed by atoms with Gasteiger partial charge in [-0.3, -0.25) is 4.79 Å². The van der Waals surface area contributed by atoms with Gasteiger partial charge in [0, 0.05) is 24.2 Å². The first-order valence-electron chi connectivity index (χ1n) is 6.17. The minimum absolute atomic E-state index is 0.140. The Morgan fingerprint density at radius 1 is 1.24 bits per heavy atom. The number of hydrogen-bond donors (Lipinski definition) is 1. The summed E-state index contributed by atoms with van der Waals surface area (Å²) in [5.74, 6) is -0.549. The molecule has 1 saturated carbocycles. The molecule has 0 aromatic rings. The third kappa shape index (κ3) is 3.32. The molecule has 4 heteroatoms. The second kappa shape index (κ2) is 5.84. The lowest BCUT2D eigenvalue weighted by atomic mass is 9.85. The van der Waals surface area contributed by atoms with Gasteiger partial charge in [0.25, 0.3) is 0 Å². The van der Waals surface area contributed by atoms with Crippen LogP contribution in [0.25, 0.3) is 0 Å². The average molecular weight is 239 g/mol. The van der Waals surface area contributed by atoms with Crippen molar-refractivity contribution in [2.45, 2.75) is 40.0 Å². The highest BCUT2D eigenvalue weighted by molar-refractivity contribution is 6.01. The number of hydrogen-bond acceptors (Lipinski definition) is 2. The highest BCUT2D eigenvalue weighted by Gasteiger charge is 2.24. The van der Waals surface area contributed by atoms with Gasteiger partial charge >= 0.3 is 5.97 Å². The third-order valence-electron chi connectivity index (χ3n) is 3.58. The highest BCUT2D eigenvalue weighted by atomic mass is 16.4. The minimum atomic E-state index is -1.02. The van der Waals surface area contributed by atoms with Gasteiger partial charge in [0.1, 0.15) is 0 Å². The van der Waals surface area contributed by atoms with Crippen molar-refractivity contribution in [2.75, 3.05) is 13.1 Å². The first kappa shape index (κ1) is 13.7. The lowest BCUT2D eigenvalue weighted by molar-refractivity contribution is -0.134. The highest BCUT2D eigenvalue weighted by Crippen LogP contribution is 2.27. The molecule has 1 aliphatic rings. The Bertz CT molecular complexity index is 343. The van der Waals surface area contributed by atoms with E-state index in [0.29, 0.717) is 18.0 Å². The van der Waals surface area contributed by atoms with Crippen LogP contribution in [0.15, 0.2) is 11.1 Å². The second-order valence-corrected chi connectivity index (χ2v) is 4.70. The zero-order chi connectivity index (χ0) is 13.0. The van der Waals surface area contributed by atoms with Crippen LogP contribution in [0.5, 0.6) is 0 Å². The first-order valence-corrected chi connectivity index (χ1v) is 6.17. The van der Waals surface area contributed by atoms with E-state index in [-0.39, 0.29) is 11.5 Å². The van der Waals surface area contributed by atoms with Gasteiger partial charge in [-0.25, -0.2) is 4.79 Å². The van der Waals surface area contributed by atoms with Gasteiger partial charge in [0.2, 0.25) is 5.91 Å². The molecule has 0 atom stereocenters. The quantitative estimate of drug-likeness (QED) is 0.747. The summed E-state index contributed by atoms with van der Waals surface area (Å²) in [7, 11) is 0. The molecule has 0 heterocycles. The molecule has 1 aliphatic carbocycles. The zero-order valence-electron chi connectivity index (χ0n) is 10.8. The van der Waals surface area contributed by atoms with Crippen LogP contribution >= 0.6 is 0 Å². The number of rotatable bonds is 5. The van der Waals surface area contributed by atoms with Crippen molar-refractivity contribution in [3.8, 4) is 0 Å². The molecule has 0 spiro atoms. The minimum Gasteiger partial charge on any atom is -0.478 e. The van der Waals surface area contributed by atoms with Crippen molar-refractivity contribution >= 4 is 11.9 Å². The molecular formula is C13H21NO3. The predicted molar refractivity (Wildman–Crippen MR) is 65.6 cm³/mol. The first-order chi connectivity index (χ1) is 7.97. The monoisotopic (exact) mass is 239 g/mol. The summed E-state index contributed by atoms with van der Waals surface area (Å²) in [5.41, 5.74) is 0.487. The van der Waals surface area contributed by atoms with E-state index in [9.17, 15) is 9.59 Å². The molecule has 0 aliphatic heterocycles. The number of carbonyl (C=O) groups is 2. The van der Waals surface area contributed by atoms with Crippen LogP contribution in [0, 0.1) is 5.92 Å². The molecule has 4 nitrogen and oxygen atoms in total. The molecule has 0 radical (unpaired) electrons. The molecular weight excluding hydrogens is 218 g/mol. The van der Waals surface area contributed by atoms with Crippen molar-refractivity contribution in [3.63, 3.8) is 0 Å². The van der Waals surface area contributed by atoms with Gasteiger partial charge in [0.15, 0.2) is 0 Å². The van der Waals surface area contributed by atoms with Crippen LogP contribution in [0.4, 0.5) is 0 Å². The van der Waals surface area contributed by atoms with Crippen LogP contribution in [0.3, 0.4) is 0 Å². The average Bonchev–Trinajstić information content (AvgIpc) is 2.25. The number of aliphatic carboxylic acids is 1. The number of carboxylic acids is 1. The van der Waals surface area contributed by atoms with Gasteiger partial charge < -0.3 is 10.0 Å². The predicted octanol–water partition coefficient (Wildman–Crippen LogP) is 2.06. The normalized spacial score (nSPS) is 17.1. The Hall–Kier alpha value is -1.32. The largest absolute Gasteiger partial charge is 0.478 e. The second-order valence-electron chi connectivity index (χ2n) is 4.70. The molecule has 1 rings (SSSR count). The van der Waals surface area contributed by atoms with E-state index in [1.54, 1.807) is 11.8 Å². The maximum atomic E-state index is 12.1. The Morgan fingerprint density at radius 2 is 1.82 bits per heavy atom. The van der Waals surface area contributed by atoms with E-state index in [1.165, 1.54) is 26.2 Å². The van der Waals surface area contributed by atoms with Crippen LogP contribution in [0.2, 0.25) is 0 Å². The van der Waals surface area contributed by atoms with Crippen molar-refractivity contribution in [3.05, 3.63) is 11.1 Å². The van der Waals surface area contributed by atoms with E-state index in [0.717, 1.165) is 6.54 Å². The van der Waals surface area contributed by atoms with E-state index >= 15 is 0 Å². The maximum Gasteiger partial charge on any atom is 0.331 e. The lowest BCUT2D eigenvalue weighted by Crippen LogP contribution is -2.38. The molecule has 0 aromatic heterocycles. The third-order valence-corrected chi connectivity index (χ3v) is 3.58. The fourth-order valence-electron chi connectivity index (χ4n) is 1.90. The summed E-state index contributed by atoms with van der Waals surface area (Å²) >= 11 is 0. The fraction of sp³-hybridized carbons (Fsp3) is 0.692. The van der Waals surface area contributed by atoms with Gasteiger partial charge in [-0.15, -0.1) is 0 Å². The van der Waals surface area contributed by atoms with E-state index in [4.69, 9.17) is 5.11 Å². The van der Waals surface area contributed by atoms with Gasteiger partial charge in [-0.1, -0.05) is 6.42 Å². The molecule has 0 unspecified atom stereocenters. The molecule has 0 saturated heterocycles. The Labute approximate surface area is 102 Å². The van der Waals surface area contributed by atoms with Crippen molar-refractivity contribution in [1.29, 1.82) is 0 Å². The molecule has 1 amide bonds. The van der Waals surface area contributed by atoms with Crippen molar-refractivity contribution in [2.24, 2.45) is 5.92 Å². The Kier molecular flexibility index (Phi) is 4.73. The zero-order valence-corrected chi connectivity index (χ0v) is 10.8. The summed E-state index contributed by atoms with van der Waals surface area (Å²) in [6, 6.07) is 0. The van der Waals surface area contributed by atoms with E-state index in [1.807, 2.05) is 6.92 Å². The maximum absolute atomic E-state index is 12.1. The van der Waals surface area contributed by atoms with Crippen LogP contribution in [-0.4, -0.2) is 35.0 Å². The molecule has 1 N–H and O–H groups in total. The Morgan fingerprint density at radius 3 is 2.18 bits per heavy atom. The van der Waals surface area contributed by atoms with Crippen molar-refractivity contribution < 1.29 is 14.7 Å². The summed E-state index contributed by atoms with van der Waals surface area (Å²) < 4.78 is 0. The number of amides is 1. The van der Waals surface area contributed by atoms with Crippen molar-refractivity contribution in [1.82, 2.24) is 4.90 Å². The molecule has 96 valence electrons. The summed E-state index contributed by atoms with van der Waals surface area (Å²) in [6.07, 6.45) is 3.62. The Balaban J connectivity index is 2.70. The van der Waals surface area contributed by atoms with E-state index < -0.39 is 5.97 Å². The number of carbonyl (C=O) groups excluding carboxylic acids is 1. The molecule has 0 aromatic carbocycles. The van der Waals surface area contributed by atoms with E-state index in [2.05, 4.69) is 0 Å². The summed E-state index contributed by atoms with van der Waals surface area (Å²) in [4.78, 5) is 24.7. The van der Waals surface area contributed by atoms with Crippen LogP contribution in [0.1, 0.15) is 40.0 Å². The summed E-state index contributed by atoms with van der Waals surface area (Å²) in [5, 5.41) is 8.87. The van der Waals surface area contributed by atoms with Gasteiger partial charge in [0.05, 0.1) is 0 Å². The van der Waals surface area contributed by atoms with Gasteiger partial charge in [-0.2, -0.15) is 0 Å². The van der Waals surface area contributed by atoms with Crippen LogP contribution < -0.4 is 0 Å². The topological polar surface area (TPSA) is 57.6 Å². The van der Waals surface area contributed by atoms with Gasteiger partial charge in [-0.05, 0) is 39.5 Å². The molecule has 17 heavy (non-hydrogen) atoms. The lowest BCUT2D eigenvalue weighted by Gasteiger charge is -2.32. The number of nitrogens with zero attached hydrogens (tertiary/aromatic N) is 1. The fourth-order valence-corrected chi connectivity index (χ4v) is 1.90. The standard InChI is InChI=1S/C13H21NO3/c1-4-14(8-11-6-5-7-11)12(15)9(2)10(3)13(16)17/h11H,4-8H2,1-3H3,(H,16,17).